The summed E-state index contributed by atoms with van der Waals surface area (Å²) in [6.45, 7) is 0.999. The number of nitrogens with one attached hydrogen (secondary N) is 1. The fourth-order valence-electron chi connectivity index (χ4n) is 2.96. The number of benzene rings is 3. The average Bonchev–Trinajstić information content (AvgIpc) is 2.65. The Morgan fingerprint density at radius 2 is 1.44 bits per heavy atom. The highest BCUT2D eigenvalue weighted by molar-refractivity contribution is 5.60. The van der Waals surface area contributed by atoms with Crippen LogP contribution in [0.15, 0.2) is 78.9 Å². The summed E-state index contributed by atoms with van der Waals surface area (Å²) in [4.78, 5) is 2.23. The summed E-state index contributed by atoms with van der Waals surface area (Å²) in [5.74, 6) is 0. The van der Waals surface area contributed by atoms with Gasteiger partial charge in [0.05, 0.1) is 0 Å². The Bertz CT molecular complexity index is 785. The first-order valence-electron chi connectivity index (χ1n) is 8.57. The average molecular weight is 332 g/mol. The monoisotopic (exact) mass is 332 g/mol. The Labute approximate surface area is 149 Å². The highest BCUT2D eigenvalue weighted by Gasteiger charge is 2.07. The van der Waals surface area contributed by atoms with Crippen LogP contribution in [0.3, 0.4) is 0 Å². The standard InChI is InChI=1S/C22H24N2O/c1-24(22-10-6-5-7-19(22)15-16-25)17-18-11-13-21(14-12-18)23-20-8-3-2-4-9-20/h2-14,23,25H,15-17H2,1H3. The van der Waals surface area contributed by atoms with Crippen molar-refractivity contribution >= 4 is 17.1 Å². The van der Waals surface area contributed by atoms with Crippen LogP contribution in [0.2, 0.25) is 0 Å². The topological polar surface area (TPSA) is 35.5 Å². The summed E-state index contributed by atoms with van der Waals surface area (Å²) < 4.78 is 0. The maximum absolute atomic E-state index is 9.24. The van der Waals surface area contributed by atoms with Gasteiger partial charge in [-0.25, -0.2) is 0 Å². The van der Waals surface area contributed by atoms with Crippen molar-refractivity contribution in [1.29, 1.82) is 0 Å². The van der Waals surface area contributed by atoms with Gasteiger partial charge < -0.3 is 15.3 Å². The van der Waals surface area contributed by atoms with Crippen LogP contribution in [0.5, 0.6) is 0 Å². The molecule has 0 spiro atoms. The Balaban J connectivity index is 1.67. The maximum Gasteiger partial charge on any atom is 0.0472 e. The molecular formula is C22H24N2O. The van der Waals surface area contributed by atoms with E-state index in [-0.39, 0.29) is 6.61 Å². The summed E-state index contributed by atoms with van der Waals surface area (Å²) in [6, 6.07) is 26.9. The van der Waals surface area contributed by atoms with Crippen molar-refractivity contribution in [2.45, 2.75) is 13.0 Å². The second kappa shape index (κ2) is 8.36. The van der Waals surface area contributed by atoms with Crippen LogP contribution in [0.4, 0.5) is 17.1 Å². The van der Waals surface area contributed by atoms with E-state index in [0.717, 1.165) is 17.9 Å². The van der Waals surface area contributed by atoms with Gasteiger partial charge >= 0.3 is 0 Å². The zero-order valence-corrected chi connectivity index (χ0v) is 14.5. The van der Waals surface area contributed by atoms with Gasteiger partial charge in [-0.2, -0.15) is 0 Å². The van der Waals surface area contributed by atoms with Gasteiger partial charge in [-0.15, -0.1) is 0 Å². The molecule has 0 aliphatic rings. The zero-order chi connectivity index (χ0) is 17.5. The van der Waals surface area contributed by atoms with Crippen LogP contribution in [0, 0.1) is 0 Å². The van der Waals surface area contributed by atoms with Crippen molar-refractivity contribution in [2.24, 2.45) is 0 Å². The van der Waals surface area contributed by atoms with Crippen molar-refractivity contribution in [1.82, 2.24) is 0 Å². The first-order valence-corrected chi connectivity index (χ1v) is 8.57. The minimum atomic E-state index is 0.171. The molecule has 0 radical (unpaired) electrons. The van der Waals surface area contributed by atoms with Gasteiger partial charge in [0.2, 0.25) is 0 Å². The quantitative estimate of drug-likeness (QED) is 0.664. The molecule has 3 aromatic carbocycles. The van der Waals surface area contributed by atoms with Gasteiger partial charge in [-0.05, 0) is 47.9 Å². The lowest BCUT2D eigenvalue weighted by Gasteiger charge is -2.22. The maximum atomic E-state index is 9.24. The Morgan fingerprint density at radius 1 is 0.800 bits per heavy atom. The summed E-state index contributed by atoms with van der Waals surface area (Å²) in [6.07, 6.45) is 0.681. The smallest absolute Gasteiger partial charge is 0.0472 e. The molecule has 0 fully saturated rings. The lowest BCUT2D eigenvalue weighted by molar-refractivity contribution is 0.299. The van der Waals surface area contributed by atoms with Crippen LogP contribution in [-0.2, 0) is 13.0 Å². The number of aliphatic hydroxyl groups is 1. The van der Waals surface area contributed by atoms with Crippen LogP contribution < -0.4 is 10.2 Å². The van der Waals surface area contributed by atoms with Crippen molar-refractivity contribution < 1.29 is 5.11 Å². The van der Waals surface area contributed by atoms with E-state index in [2.05, 4.69) is 65.8 Å². The molecule has 3 heteroatoms. The van der Waals surface area contributed by atoms with Gasteiger partial charge in [0.15, 0.2) is 0 Å². The molecule has 0 unspecified atom stereocenters. The number of anilines is 3. The Hall–Kier alpha value is -2.78. The number of nitrogens with zero attached hydrogens (tertiary/aromatic N) is 1. The van der Waals surface area contributed by atoms with Gasteiger partial charge in [0.25, 0.3) is 0 Å². The number of rotatable bonds is 7. The van der Waals surface area contributed by atoms with Gasteiger partial charge in [0, 0.05) is 37.3 Å². The van der Waals surface area contributed by atoms with Crippen LogP contribution in [0.1, 0.15) is 11.1 Å². The molecule has 0 amide bonds. The zero-order valence-electron chi connectivity index (χ0n) is 14.5. The van der Waals surface area contributed by atoms with E-state index in [4.69, 9.17) is 0 Å². The first-order chi connectivity index (χ1) is 12.3. The number of aliphatic hydroxyl groups excluding tert-OH is 1. The minimum absolute atomic E-state index is 0.171. The fraction of sp³-hybridized carbons (Fsp3) is 0.182. The minimum Gasteiger partial charge on any atom is -0.396 e. The molecule has 25 heavy (non-hydrogen) atoms. The Kier molecular flexibility index (Phi) is 5.70. The van der Waals surface area contributed by atoms with E-state index in [0.29, 0.717) is 6.42 Å². The molecule has 0 atom stereocenters. The largest absolute Gasteiger partial charge is 0.396 e. The Morgan fingerprint density at radius 3 is 2.16 bits per heavy atom. The molecule has 3 rings (SSSR count). The molecule has 2 N–H and O–H groups in total. The predicted molar refractivity (Wildman–Crippen MR) is 106 cm³/mol. The van der Waals surface area contributed by atoms with Gasteiger partial charge in [0.1, 0.15) is 0 Å². The van der Waals surface area contributed by atoms with Gasteiger partial charge in [-0.1, -0.05) is 48.5 Å². The molecule has 0 saturated heterocycles. The molecule has 0 bridgehead atoms. The summed E-state index contributed by atoms with van der Waals surface area (Å²) in [5, 5.41) is 12.6. The third-order valence-corrected chi connectivity index (χ3v) is 4.22. The molecule has 128 valence electrons. The van der Waals surface area contributed by atoms with Crippen molar-refractivity contribution in [3.63, 3.8) is 0 Å². The second-order valence-corrected chi connectivity index (χ2v) is 6.15. The third-order valence-electron chi connectivity index (χ3n) is 4.22. The summed E-state index contributed by atoms with van der Waals surface area (Å²) >= 11 is 0. The van der Waals surface area contributed by atoms with E-state index >= 15 is 0 Å². The molecule has 0 saturated carbocycles. The molecule has 0 heterocycles. The molecular weight excluding hydrogens is 308 g/mol. The SMILES string of the molecule is CN(Cc1ccc(Nc2ccccc2)cc1)c1ccccc1CCO. The number of hydrogen-bond donors (Lipinski definition) is 2. The van der Waals surface area contributed by atoms with E-state index in [1.54, 1.807) is 0 Å². The molecule has 0 aliphatic carbocycles. The van der Waals surface area contributed by atoms with Crippen molar-refractivity contribution in [3.8, 4) is 0 Å². The molecule has 3 nitrogen and oxygen atoms in total. The lowest BCUT2D eigenvalue weighted by atomic mass is 10.1. The molecule has 3 aromatic rings. The van der Waals surface area contributed by atoms with Crippen LogP contribution in [-0.4, -0.2) is 18.8 Å². The van der Waals surface area contributed by atoms with E-state index < -0.39 is 0 Å². The normalized spacial score (nSPS) is 10.5. The fourth-order valence-corrected chi connectivity index (χ4v) is 2.96. The van der Waals surface area contributed by atoms with Crippen molar-refractivity contribution in [2.75, 3.05) is 23.9 Å². The highest BCUT2D eigenvalue weighted by atomic mass is 16.2. The van der Waals surface area contributed by atoms with Crippen molar-refractivity contribution in [3.05, 3.63) is 90.0 Å². The number of para-hydroxylation sites is 2. The predicted octanol–water partition coefficient (Wildman–Crippen LogP) is 4.60. The summed E-state index contributed by atoms with van der Waals surface area (Å²) in [7, 11) is 2.09. The highest BCUT2D eigenvalue weighted by Crippen LogP contribution is 2.22. The molecule has 0 aromatic heterocycles. The molecule has 0 aliphatic heterocycles. The van der Waals surface area contributed by atoms with E-state index in [1.165, 1.54) is 16.8 Å². The van der Waals surface area contributed by atoms with E-state index in [1.807, 2.05) is 30.3 Å². The van der Waals surface area contributed by atoms with Crippen LogP contribution in [0.25, 0.3) is 0 Å². The summed E-state index contributed by atoms with van der Waals surface area (Å²) in [5.41, 5.74) is 5.77. The third kappa shape index (κ3) is 4.61. The lowest BCUT2D eigenvalue weighted by Crippen LogP contribution is -2.18. The number of hydrogen-bond acceptors (Lipinski definition) is 3. The van der Waals surface area contributed by atoms with Gasteiger partial charge in [-0.3, -0.25) is 0 Å². The van der Waals surface area contributed by atoms with E-state index in [9.17, 15) is 5.11 Å². The van der Waals surface area contributed by atoms with Crippen LogP contribution >= 0.6 is 0 Å². The first kappa shape index (κ1) is 17.1. The second-order valence-electron chi connectivity index (χ2n) is 6.15.